The molecule has 1 aliphatic heterocycles. The summed E-state index contributed by atoms with van der Waals surface area (Å²) in [5.41, 5.74) is 1.80. The minimum absolute atomic E-state index is 0.0615. The second-order valence-corrected chi connectivity index (χ2v) is 6.75. The monoisotopic (exact) mass is 347 g/mol. The number of carbonyl (C=O) groups excluding carboxylic acids is 2. The number of rotatable bonds is 7. The van der Waals surface area contributed by atoms with E-state index in [2.05, 4.69) is 16.0 Å². The summed E-state index contributed by atoms with van der Waals surface area (Å²) in [7, 11) is 0. The average Bonchev–Trinajstić information content (AvgIpc) is 3.37. The van der Waals surface area contributed by atoms with E-state index in [0.717, 1.165) is 24.1 Å². The molecule has 0 radical (unpaired) electrons. The number of aliphatic hydroxyl groups is 1. The SMILES string of the molecule is CC(=O)Nc1ccc(CNC2COC(CNC(=O)C3CC3)C2O)cc1. The molecule has 1 aromatic carbocycles. The number of carbonyl (C=O) groups is 2. The Bertz CT molecular complexity index is 615. The Morgan fingerprint density at radius 1 is 1.24 bits per heavy atom. The highest BCUT2D eigenvalue weighted by Gasteiger charge is 2.37. The molecule has 0 spiro atoms. The van der Waals surface area contributed by atoms with Gasteiger partial charge >= 0.3 is 0 Å². The number of nitrogens with one attached hydrogen (secondary N) is 3. The van der Waals surface area contributed by atoms with Crippen LogP contribution >= 0.6 is 0 Å². The third-order valence-corrected chi connectivity index (χ3v) is 4.55. The predicted molar refractivity (Wildman–Crippen MR) is 92.9 cm³/mol. The fourth-order valence-electron chi connectivity index (χ4n) is 2.89. The first-order chi connectivity index (χ1) is 12.0. The van der Waals surface area contributed by atoms with Gasteiger partial charge in [-0.3, -0.25) is 9.59 Å². The molecule has 136 valence electrons. The van der Waals surface area contributed by atoms with Crippen LogP contribution < -0.4 is 16.0 Å². The second-order valence-electron chi connectivity index (χ2n) is 6.75. The first-order valence-corrected chi connectivity index (χ1v) is 8.70. The summed E-state index contributed by atoms with van der Waals surface area (Å²) < 4.78 is 5.60. The minimum Gasteiger partial charge on any atom is -0.389 e. The van der Waals surface area contributed by atoms with Crippen molar-refractivity contribution in [3.63, 3.8) is 0 Å². The zero-order valence-electron chi connectivity index (χ0n) is 14.3. The van der Waals surface area contributed by atoms with E-state index in [1.807, 2.05) is 24.3 Å². The molecule has 4 N–H and O–H groups in total. The highest BCUT2D eigenvalue weighted by atomic mass is 16.5. The van der Waals surface area contributed by atoms with Crippen molar-refractivity contribution in [1.29, 1.82) is 0 Å². The van der Waals surface area contributed by atoms with E-state index < -0.39 is 6.10 Å². The zero-order valence-corrected chi connectivity index (χ0v) is 14.3. The van der Waals surface area contributed by atoms with Crippen molar-refractivity contribution in [3.05, 3.63) is 29.8 Å². The van der Waals surface area contributed by atoms with Gasteiger partial charge in [-0.1, -0.05) is 12.1 Å². The Hall–Kier alpha value is -1.96. The van der Waals surface area contributed by atoms with Crippen LogP contribution in [0.3, 0.4) is 0 Å². The van der Waals surface area contributed by atoms with Crippen molar-refractivity contribution >= 4 is 17.5 Å². The molecule has 0 bridgehead atoms. The molecule has 2 aliphatic rings. The summed E-state index contributed by atoms with van der Waals surface area (Å²) >= 11 is 0. The van der Waals surface area contributed by atoms with Gasteiger partial charge < -0.3 is 25.8 Å². The molecule has 25 heavy (non-hydrogen) atoms. The van der Waals surface area contributed by atoms with Crippen molar-refractivity contribution in [1.82, 2.24) is 10.6 Å². The first-order valence-electron chi connectivity index (χ1n) is 8.70. The van der Waals surface area contributed by atoms with Crippen LogP contribution in [0.15, 0.2) is 24.3 Å². The highest BCUT2D eigenvalue weighted by molar-refractivity contribution is 5.88. The summed E-state index contributed by atoms with van der Waals surface area (Å²) in [6.45, 7) is 2.82. The van der Waals surface area contributed by atoms with Gasteiger partial charge in [0.25, 0.3) is 0 Å². The summed E-state index contributed by atoms with van der Waals surface area (Å²) in [6, 6.07) is 7.37. The number of ether oxygens (including phenoxy) is 1. The van der Waals surface area contributed by atoms with Gasteiger partial charge in [-0.05, 0) is 30.5 Å². The van der Waals surface area contributed by atoms with Crippen LogP contribution in [0.4, 0.5) is 5.69 Å². The fourth-order valence-corrected chi connectivity index (χ4v) is 2.89. The quantitative estimate of drug-likeness (QED) is 0.572. The molecule has 7 heteroatoms. The van der Waals surface area contributed by atoms with E-state index in [1.54, 1.807) is 0 Å². The number of anilines is 1. The van der Waals surface area contributed by atoms with Gasteiger partial charge in [0, 0.05) is 31.6 Å². The molecule has 0 aromatic heterocycles. The van der Waals surface area contributed by atoms with Crippen LogP contribution in [0.25, 0.3) is 0 Å². The third-order valence-electron chi connectivity index (χ3n) is 4.55. The molecule has 7 nitrogen and oxygen atoms in total. The van der Waals surface area contributed by atoms with E-state index in [4.69, 9.17) is 4.74 Å². The van der Waals surface area contributed by atoms with Crippen molar-refractivity contribution in [2.45, 2.75) is 44.6 Å². The lowest BCUT2D eigenvalue weighted by Gasteiger charge is -2.19. The molecule has 3 unspecified atom stereocenters. The Labute approximate surface area is 147 Å². The van der Waals surface area contributed by atoms with Crippen LogP contribution in [0.5, 0.6) is 0 Å². The number of aliphatic hydroxyl groups excluding tert-OH is 1. The fraction of sp³-hybridized carbons (Fsp3) is 0.556. The van der Waals surface area contributed by atoms with Gasteiger partial charge in [-0.25, -0.2) is 0 Å². The van der Waals surface area contributed by atoms with Crippen LogP contribution in [0, 0.1) is 5.92 Å². The van der Waals surface area contributed by atoms with Crippen LogP contribution in [0.1, 0.15) is 25.3 Å². The van der Waals surface area contributed by atoms with Crippen LogP contribution in [-0.4, -0.2) is 48.3 Å². The number of hydrogen-bond donors (Lipinski definition) is 4. The Morgan fingerprint density at radius 2 is 1.96 bits per heavy atom. The van der Waals surface area contributed by atoms with E-state index >= 15 is 0 Å². The lowest BCUT2D eigenvalue weighted by Crippen LogP contribution is -2.44. The van der Waals surface area contributed by atoms with Crippen molar-refractivity contribution < 1.29 is 19.4 Å². The Balaban J connectivity index is 1.42. The topological polar surface area (TPSA) is 99.7 Å². The van der Waals surface area contributed by atoms with E-state index in [9.17, 15) is 14.7 Å². The van der Waals surface area contributed by atoms with Crippen molar-refractivity contribution in [2.75, 3.05) is 18.5 Å². The van der Waals surface area contributed by atoms with Gasteiger partial charge in [0.1, 0.15) is 6.10 Å². The van der Waals surface area contributed by atoms with Gasteiger partial charge in [-0.2, -0.15) is 0 Å². The lowest BCUT2D eigenvalue weighted by atomic mass is 10.1. The summed E-state index contributed by atoms with van der Waals surface area (Å²) in [5, 5.41) is 19.2. The second kappa shape index (κ2) is 7.95. The van der Waals surface area contributed by atoms with Crippen molar-refractivity contribution in [2.24, 2.45) is 5.92 Å². The molecule has 3 rings (SSSR count). The summed E-state index contributed by atoms with van der Waals surface area (Å²) in [5.74, 6) is 0.122. The molecular weight excluding hydrogens is 322 g/mol. The largest absolute Gasteiger partial charge is 0.389 e. The lowest BCUT2D eigenvalue weighted by molar-refractivity contribution is -0.123. The molecule has 3 atom stereocenters. The van der Waals surface area contributed by atoms with Gasteiger partial charge in [0.05, 0.1) is 18.8 Å². The van der Waals surface area contributed by atoms with Gasteiger partial charge in [0.15, 0.2) is 0 Å². The highest BCUT2D eigenvalue weighted by Crippen LogP contribution is 2.28. The number of amides is 2. The van der Waals surface area contributed by atoms with Crippen molar-refractivity contribution in [3.8, 4) is 0 Å². The maximum absolute atomic E-state index is 11.7. The van der Waals surface area contributed by atoms with Gasteiger partial charge in [-0.15, -0.1) is 0 Å². The maximum Gasteiger partial charge on any atom is 0.223 e. The van der Waals surface area contributed by atoms with E-state index in [-0.39, 0.29) is 29.9 Å². The minimum atomic E-state index is -0.654. The standard InChI is InChI=1S/C18H25N3O4/c1-11(22)21-14-6-2-12(3-7-14)8-19-15-10-25-16(17(15)23)9-20-18(24)13-4-5-13/h2-3,6-7,13,15-17,19,23H,4-5,8-10H2,1H3,(H,20,24)(H,21,22). The first kappa shape index (κ1) is 17.8. The molecule has 1 saturated heterocycles. The molecule has 2 fully saturated rings. The molecule has 1 saturated carbocycles. The molecule has 1 aliphatic carbocycles. The van der Waals surface area contributed by atoms with E-state index in [1.165, 1.54) is 6.92 Å². The summed E-state index contributed by atoms with van der Waals surface area (Å²) in [6.07, 6.45) is 0.899. The predicted octanol–water partition coefficient (Wildman–Crippen LogP) is 0.389. The smallest absolute Gasteiger partial charge is 0.223 e. The zero-order chi connectivity index (χ0) is 17.8. The Morgan fingerprint density at radius 3 is 2.60 bits per heavy atom. The normalized spacial score (nSPS) is 25.6. The average molecular weight is 347 g/mol. The molecular formula is C18H25N3O4. The van der Waals surface area contributed by atoms with E-state index in [0.29, 0.717) is 19.7 Å². The van der Waals surface area contributed by atoms with Crippen LogP contribution in [-0.2, 0) is 20.9 Å². The Kier molecular flexibility index (Phi) is 5.67. The maximum atomic E-state index is 11.7. The third kappa shape index (κ3) is 5.01. The van der Waals surface area contributed by atoms with Gasteiger partial charge in [0.2, 0.25) is 11.8 Å². The summed E-state index contributed by atoms with van der Waals surface area (Å²) in [4.78, 5) is 22.7. The number of hydrogen-bond acceptors (Lipinski definition) is 5. The molecule has 1 heterocycles. The van der Waals surface area contributed by atoms with Crippen LogP contribution in [0.2, 0.25) is 0 Å². The number of benzene rings is 1. The molecule has 2 amide bonds. The molecule has 1 aromatic rings.